The highest BCUT2D eigenvalue weighted by molar-refractivity contribution is 5.76. The molecule has 1 saturated heterocycles. The van der Waals surface area contributed by atoms with Crippen LogP contribution in [0.15, 0.2) is 18.5 Å². The van der Waals surface area contributed by atoms with Gasteiger partial charge in [0.25, 0.3) is 0 Å². The third-order valence-corrected chi connectivity index (χ3v) is 3.04. The smallest absolute Gasteiger partial charge is 0.244 e. The molecule has 2 heterocycles. The van der Waals surface area contributed by atoms with Gasteiger partial charge in [-0.1, -0.05) is 0 Å². The number of carbonyl (C=O) groups excluding carboxylic acids is 1. The quantitative estimate of drug-likeness (QED) is 0.788. The SMILES string of the molecule is CNC1CCCN(C(=O)Cn2cccn2)C1. The number of likely N-dealkylation sites (N-methyl/N-ethyl adjacent to an activating group) is 1. The Morgan fingerprint density at radius 2 is 2.50 bits per heavy atom. The van der Waals surface area contributed by atoms with Crippen molar-refractivity contribution in [1.29, 1.82) is 0 Å². The maximum absolute atomic E-state index is 12.0. The van der Waals surface area contributed by atoms with E-state index in [1.165, 1.54) is 0 Å². The number of aromatic nitrogens is 2. The van der Waals surface area contributed by atoms with Gasteiger partial charge in [-0.2, -0.15) is 5.10 Å². The first-order valence-corrected chi connectivity index (χ1v) is 5.72. The zero-order chi connectivity index (χ0) is 11.4. The lowest BCUT2D eigenvalue weighted by Gasteiger charge is -2.32. The molecule has 0 bridgehead atoms. The van der Waals surface area contributed by atoms with Crippen LogP contribution in [0.3, 0.4) is 0 Å². The van der Waals surface area contributed by atoms with E-state index in [2.05, 4.69) is 10.4 Å². The lowest BCUT2D eigenvalue weighted by Crippen LogP contribution is -2.47. The van der Waals surface area contributed by atoms with Crippen molar-refractivity contribution in [2.24, 2.45) is 0 Å². The molecule has 0 spiro atoms. The third-order valence-electron chi connectivity index (χ3n) is 3.04. The normalized spacial score (nSPS) is 21.1. The predicted molar refractivity (Wildman–Crippen MR) is 60.9 cm³/mol. The summed E-state index contributed by atoms with van der Waals surface area (Å²) in [6, 6.07) is 2.27. The highest BCUT2D eigenvalue weighted by atomic mass is 16.2. The van der Waals surface area contributed by atoms with Crippen LogP contribution < -0.4 is 5.32 Å². The Hall–Kier alpha value is -1.36. The molecule has 1 aliphatic heterocycles. The van der Waals surface area contributed by atoms with Crippen molar-refractivity contribution in [3.05, 3.63) is 18.5 Å². The lowest BCUT2D eigenvalue weighted by molar-refractivity contribution is -0.133. The summed E-state index contributed by atoms with van der Waals surface area (Å²) in [6.07, 6.45) is 5.75. The Morgan fingerprint density at radius 1 is 1.62 bits per heavy atom. The Bertz CT molecular complexity index is 336. The lowest BCUT2D eigenvalue weighted by atomic mass is 10.1. The number of amides is 1. The molecule has 88 valence electrons. The number of rotatable bonds is 3. The first-order chi connectivity index (χ1) is 7.79. The molecule has 1 N–H and O–H groups in total. The molecule has 2 rings (SSSR count). The molecule has 5 heteroatoms. The number of carbonyl (C=O) groups is 1. The van der Waals surface area contributed by atoms with E-state index in [-0.39, 0.29) is 5.91 Å². The summed E-state index contributed by atoms with van der Waals surface area (Å²) in [5, 5.41) is 7.28. The second-order valence-corrected chi connectivity index (χ2v) is 4.17. The van der Waals surface area contributed by atoms with E-state index in [0.717, 1.165) is 25.9 Å². The molecule has 5 nitrogen and oxygen atoms in total. The summed E-state index contributed by atoms with van der Waals surface area (Å²) in [4.78, 5) is 13.9. The average Bonchev–Trinajstić information content (AvgIpc) is 2.82. The number of nitrogens with one attached hydrogen (secondary N) is 1. The average molecular weight is 222 g/mol. The summed E-state index contributed by atoms with van der Waals surface area (Å²) in [6.45, 7) is 2.04. The van der Waals surface area contributed by atoms with Gasteiger partial charge in [-0.3, -0.25) is 9.48 Å². The van der Waals surface area contributed by atoms with E-state index < -0.39 is 0 Å². The van der Waals surface area contributed by atoms with Crippen LogP contribution in [0, 0.1) is 0 Å². The first kappa shape index (κ1) is 11.1. The fourth-order valence-electron chi connectivity index (χ4n) is 2.07. The molecule has 1 aromatic rings. The highest BCUT2D eigenvalue weighted by Gasteiger charge is 2.22. The number of nitrogens with zero attached hydrogens (tertiary/aromatic N) is 3. The molecule has 0 aliphatic carbocycles. The molecule has 1 aliphatic rings. The van der Waals surface area contributed by atoms with Crippen molar-refractivity contribution in [3.8, 4) is 0 Å². The van der Waals surface area contributed by atoms with Crippen molar-refractivity contribution in [1.82, 2.24) is 20.0 Å². The Morgan fingerprint density at radius 3 is 3.19 bits per heavy atom. The maximum Gasteiger partial charge on any atom is 0.244 e. The van der Waals surface area contributed by atoms with E-state index in [9.17, 15) is 4.79 Å². The Kier molecular flexibility index (Phi) is 3.56. The van der Waals surface area contributed by atoms with Crippen LogP contribution in [-0.4, -0.2) is 46.8 Å². The minimum absolute atomic E-state index is 0.156. The molecule has 16 heavy (non-hydrogen) atoms. The van der Waals surface area contributed by atoms with E-state index in [0.29, 0.717) is 12.6 Å². The molecule has 1 unspecified atom stereocenters. The van der Waals surface area contributed by atoms with Crippen molar-refractivity contribution >= 4 is 5.91 Å². The van der Waals surface area contributed by atoms with Gasteiger partial charge in [0.2, 0.25) is 5.91 Å². The second kappa shape index (κ2) is 5.12. The van der Waals surface area contributed by atoms with E-state index in [4.69, 9.17) is 0 Å². The maximum atomic E-state index is 12.0. The molecule has 0 saturated carbocycles. The second-order valence-electron chi connectivity index (χ2n) is 4.17. The molecular formula is C11H18N4O. The Labute approximate surface area is 95.4 Å². The van der Waals surface area contributed by atoms with Crippen LogP contribution in [0.25, 0.3) is 0 Å². The predicted octanol–water partition coefficient (Wildman–Crippen LogP) is 0.0935. The molecular weight excluding hydrogens is 204 g/mol. The van der Waals surface area contributed by atoms with Crippen LogP contribution in [0.2, 0.25) is 0 Å². The van der Waals surface area contributed by atoms with Crippen LogP contribution >= 0.6 is 0 Å². The van der Waals surface area contributed by atoms with Gasteiger partial charge in [-0.05, 0) is 26.0 Å². The van der Waals surface area contributed by atoms with Crippen LogP contribution in [0.1, 0.15) is 12.8 Å². The van der Waals surface area contributed by atoms with E-state index in [1.807, 2.05) is 24.2 Å². The minimum atomic E-state index is 0.156. The number of hydrogen-bond donors (Lipinski definition) is 1. The van der Waals surface area contributed by atoms with Crippen molar-refractivity contribution in [3.63, 3.8) is 0 Å². The largest absolute Gasteiger partial charge is 0.340 e. The van der Waals surface area contributed by atoms with Gasteiger partial charge in [0, 0.05) is 31.5 Å². The van der Waals surface area contributed by atoms with Gasteiger partial charge >= 0.3 is 0 Å². The molecule has 1 amide bonds. The van der Waals surface area contributed by atoms with Gasteiger partial charge in [0.05, 0.1) is 0 Å². The summed E-state index contributed by atoms with van der Waals surface area (Å²) in [5.41, 5.74) is 0. The van der Waals surface area contributed by atoms with Crippen molar-refractivity contribution in [2.75, 3.05) is 20.1 Å². The zero-order valence-corrected chi connectivity index (χ0v) is 9.59. The minimum Gasteiger partial charge on any atom is -0.340 e. The number of hydrogen-bond acceptors (Lipinski definition) is 3. The summed E-state index contributed by atoms with van der Waals surface area (Å²) in [5.74, 6) is 0.156. The van der Waals surface area contributed by atoms with Crippen LogP contribution in [-0.2, 0) is 11.3 Å². The van der Waals surface area contributed by atoms with Crippen molar-refractivity contribution < 1.29 is 4.79 Å². The van der Waals surface area contributed by atoms with E-state index in [1.54, 1.807) is 10.9 Å². The number of likely N-dealkylation sites (tertiary alicyclic amines) is 1. The fraction of sp³-hybridized carbons (Fsp3) is 0.636. The molecule has 1 aromatic heterocycles. The van der Waals surface area contributed by atoms with Crippen molar-refractivity contribution in [2.45, 2.75) is 25.4 Å². The molecule has 0 radical (unpaired) electrons. The summed E-state index contributed by atoms with van der Waals surface area (Å²) < 4.78 is 1.67. The van der Waals surface area contributed by atoms with Gasteiger partial charge in [0.1, 0.15) is 6.54 Å². The molecule has 1 fully saturated rings. The highest BCUT2D eigenvalue weighted by Crippen LogP contribution is 2.10. The zero-order valence-electron chi connectivity index (χ0n) is 9.59. The van der Waals surface area contributed by atoms with Gasteiger partial charge in [0.15, 0.2) is 0 Å². The van der Waals surface area contributed by atoms with Gasteiger partial charge in [-0.15, -0.1) is 0 Å². The third kappa shape index (κ3) is 2.61. The summed E-state index contributed by atoms with van der Waals surface area (Å²) in [7, 11) is 1.95. The first-order valence-electron chi connectivity index (χ1n) is 5.72. The van der Waals surface area contributed by atoms with Crippen LogP contribution in [0.4, 0.5) is 0 Å². The van der Waals surface area contributed by atoms with Gasteiger partial charge < -0.3 is 10.2 Å². The van der Waals surface area contributed by atoms with Crippen LogP contribution in [0.5, 0.6) is 0 Å². The summed E-state index contributed by atoms with van der Waals surface area (Å²) >= 11 is 0. The van der Waals surface area contributed by atoms with Gasteiger partial charge in [-0.25, -0.2) is 0 Å². The number of piperidine rings is 1. The topological polar surface area (TPSA) is 50.2 Å². The Balaban J connectivity index is 1.89. The van der Waals surface area contributed by atoms with E-state index >= 15 is 0 Å². The molecule has 0 aromatic carbocycles. The standard InChI is InChI=1S/C11H18N4O/c1-12-10-4-2-6-14(8-10)11(16)9-15-7-3-5-13-15/h3,5,7,10,12H,2,4,6,8-9H2,1H3. The molecule has 1 atom stereocenters. The monoisotopic (exact) mass is 222 g/mol. The fourth-order valence-corrected chi connectivity index (χ4v) is 2.07.